The summed E-state index contributed by atoms with van der Waals surface area (Å²) in [5.74, 6) is -1.26. The lowest BCUT2D eigenvalue weighted by atomic mass is 10.0. The van der Waals surface area contributed by atoms with E-state index in [0.717, 1.165) is 0 Å². The van der Waals surface area contributed by atoms with Crippen LogP contribution < -0.4 is 5.32 Å². The van der Waals surface area contributed by atoms with Gasteiger partial charge in [-0.2, -0.15) is 0 Å². The van der Waals surface area contributed by atoms with Gasteiger partial charge in [-0.15, -0.1) is 0 Å². The van der Waals surface area contributed by atoms with E-state index in [-0.39, 0.29) is 6.10 Å². The van der Waals surface area contributed by atoms with Crippen molar-refractivity contribution in [2.75, 3.05) is 0 Å². The monoisotopic (exact) mass is 237 g/mol. The van der Waals surface area contributed by atoms with Crippen molar-refractivity contribution in [3.05, 3.63) is 35.9 Å². The highest BCUT2D eigenvalue weighted by Gasteiger charge is 2.42. The third kappa shape index (κ3) is 2.82. The van der Waals surface area contributed by atoms with Crippen LogP contribution in [0.4, 0.5) is 0 Å². The van der Waals surface area contributed by atoms with Crippen molar-refractivity contribution in [3.8, 4) is 0 Å². The largest absolute Gasteiger partial charge is 0.477 e. The van der Waals surface area contributed by atoms with Crippen molar-refractivity contribution in [1.82, 2.24) is 5.32 Å². The zero-order valence-corrected chi connectivity index (χ0v) is 9.71. The molecule has 1 aromatic rings. The maximum absolute atomic E-state index is 11.4. The Kier molecular flexibility index (Phi) is 4.23. The molecule has 0 aromatic heterocycles. The molecule has 0 aliphatic carbocycles. The molecule has 0 fully saturated rings. The maximum Gasteiger partial charge on any atom is 0.362 e. The van der Waals surface area contributed by atoms with Crippen LogP contribution in [0.2, 0.25) is 0 Å². The number of carboxylic acid groups (broad SMARTS) is 1. The summed E-state index contributed by atoms with van der Waals surface area (Å²) in [7, 11) is 0. The minimum Gasteiger partial charge on any atom is -0.477 e. The number of ether oxygens (including phenoxy) is 1. The van der Waals surface area contributed by atoms with Crippen LogP contribution in [0.3, 0.4) is 0 Å². The summed E-state index contributed by atoms with van der Waals surface area (Å²) in [6.07, 6.45) is -0.0255. The van der Waals surface area contributed by atoms with Crippen molar-refractivity contribution < 1.29 is 19.4 Å². The van der Waals surface area contributed by atoms with Gasteiger partial charge in [-0.05, 0) is 13.8 Å². The van der Waals surface area contributed by atoms with Gasteiger partial charge in [-0.1, -0.05) is 30.3 Å². The van der Waals surface area contributed by atoms with Gasteiger partial charge in [0.15, 0.2) is 0 Å². The molecule has 5 nitrogen and oxygen atoms in total. The van der Waals surface area contributed by atoms with E-state index in [1.807, 2.05) is 0 Å². The van der Waals surface area contributed by atoms with E-state index in [2.05, 4.69) is 5.32 Å². The first-order valence-corrected chi connectivity index (χ1v) is 5.21. The normalized spacial score (nSPS) is 14.1. The van der Waals surface area contributed by atoms with E-state index < -0.39 is 11.7 Å². The zero-order valence-electron chi connectivity index (χ0n) is 9.71. The molecule has 1 unspecified atom stereocenters. The molecule has 2 N–H and O–H groups in total. The molecule has 1 aromatic carbocycles. The number of hydrogen-bond donors (Lipinski definition) is 2. The number of rotatable bonds is 6. The molecule has 0 bridgehead atoms. The summed E-state index contributed by atoms with van der Waals surface area (Å²) in [6.45, 7) is 3.40. The molecule has 1 rings (SSSR count). The van der Waals surface area contributed by atoms with Gasteiger partial charge in [0.2, 0.25) is 6.41 Å². The fourth-order valence-corrected chi connectivity index (χ4v) is 1.53. The Bertz CT molecular complexity index is 391. The first-order chi connectivity index (χ1) is 8.03. The van der Waals surface area contributed by atoms with E-state index in [0.29, 0.717) is 12.0 Å². The Morgan fingerprint density at radius 3 is 2.41 bits per heavy atom. The number of benzene rings is 1. The first kappa shape index (κ1) is 13.2. The molecule has 1 amide bonds. The lowest BCUT2D eigenvalue weighted by Crippen LogP contribution is -2.52. The van der Waals surface area contributed by atoms with Crippen molar-refractivity contribution in [2.45, 2.75) is 25.7 Å². The van der Waals surface area contributed by atoms with E-state index in [9.17, 15) is 14.7 Å². The van der Waals surface area contributed by atoms with Gasteiger partial charge in [0.05, 0.1) is 6.10 Å². The standard InChI is InChI=1S/C12H15NO4/c1-9(2)17-12(11(15)16,13-8-14)10-6-4-3-5-7-10/h3-9H,1-2H3,(H,13,14)(H,15,16). The molecule has 92 valence electrons. The number of hydrogen-bond acceptors (Lipinski definition) is 3. The highest BCUT2D eigenvalue weighted by Crippen LogP contribution is 2.24. The Morgan fingerprint density at radius 1 is 1.41 bits per heavy atom. The Morgan fingerprint density at radius 2 is 2.00 bits per heavy atom. The molecular formula is C12H15NO4. The number of carbonyl (C=O) groups excluding carboxylic acids is 1. The first-order valence-electron chi connectivity index (χ1n) is 5.21. The van der Waals surface area contributed by atoms with Gasteiger partial charge < -0.3 is 15.2 Å². The summed E-state index contributed by atoms with van der Waals surface area (Å²) in [4.78, 5) is 22.0. The molecule has 5 heteroatoms. The van der Waals surface area contributed by atoms with Gasteiger partial charge in [0, 0.05) is 5.56 Å². The van der Waals surface area contributed by atoms with Crippen molar-refractivity contribution in [3.63, 3.8) is 0 Å². The molecule has 1 atom stereocenters. The van der Waals surface area contributed by atoms with E-state index in [4.69, 9.17) is 4.74 Å². The van der Waals surface area contributed by atoms with Crippen molar-refractivity contribution in [1.29, 1.82) is 0 Å². The second-order valence-corrected chi connectivity index (χ2v) is 3.78. The molecule has 0 aliphatic rings. The zero-order chi connectivity index (χ0) is 12.9. The molecule has 0 aliphatic heterocycles. The van der Waals surface area contributed by atoms with Crippen LogP contribution in [0.5, 0.6) is 0 Å². The Hall–Kier alpha value is -1.88. The highest BCUT2D eigenvalue weighted by atomic mass is 16.5. The maximum atomic E-state index is 11.4. The summed E-state index contributed by atoms with van der Waals surface area (Å²) in [5.41, 5.74) is -1.47. The van der Waals surface area contributed by atoms with Gasteiger partial charge in [-0.25, -0.2) is 4.79 Å². The summed E-state index contributed by atoms with van der Waals surface area (Å²) in [5, 5.41) is 11.6. The van der Waals surface area contributed by atoms with Gasteiger partial charge in [0.1, 0.15) is 0 Å². The second kappa shape index (κ2) is 5.45. The molecule has 0 spiro atoms. The smallest absolute Gasteiger partial charge is 0.362 e. The Labute approximate surface area is 99.4 Å². The van der Waals surface area contributed by atoms with Crippen LogP contribution in [0, 0.1) is 0 Å². The average molecular weight is 237 g/mol. The average Bonchev–Trinajstić information content (AvgIpc) is 2.28. The predicted molar refractivity (Wildman–Crippen MR) is 61.2 cm³/mol. The van der Waals surface area contributed by atoms with Crippen LogP contribution in [-0.4, -0.2) is 23.6 Å². The predicted octanol–water partition coefficient (Wildman–Crippen LogP) is 1.09. The third-order valence-corrected chi connectivity index (χ3v) is 2.16. The van der Waals surface area contributed by atoms with Gasteiger partial charge >= 0.3 is 5.97 Å². The van der Waals surface area contributed by atoms with Crippen LogP contribution in [0.15, 0.2) is 30.3 Å². The quantitative estimate of drug-likeness (QED) is 0.573. The Balaban J connectivity index is 3.24. The number of aliphatic carboxylic acids is 1. The summed E-state index contributed by atoms with van der Waals surface area (Å²) >= 11 is 0. The molecule has 0 heterocycles. The van der Waals surface area contributed by atoms with Gasteiger partial charge in [0.25, 0.3) is 5.72 Å². The van der Waals surface area contributed by atoms with Crippen molar-refractivity contribution in [2.24, 2.45) is 0 Å². The van der Waals surface area contributed by atoms with E-state index >= 15 is 0 Å². The van der Waals surface area contributed by atoms with Crippen LogP contribution in [0.1, 0.15) is 19.4 Å². The fourth-order valence-electron chi connectivity index (χ4n) is 1.53. The molecule has 0 radical (unpaired) electrons. The molecule has 0 saturated carbocycles. The topological polar surface area (TPSA) is 75.6 Å². The highest BCUT2D eigenvalue weighted by molar-refractivity contribution is 5.81. The minimum absolute atomic E-state index is 0.323. The molecule has 0 saturated heterocycles. The van der Waals surface area contributed by atoms with E-state index in [1.165, 1.54) is 0 Å². The lowest BCUT2D eigenvalue weighted by Gasteiger charge is -2.31. The van der Waals surface area contributed by atoms with Crippen LogP contribution in [-0.2, 0) is 20.1 Å². The molecule has 17 heavy (non-hydrogen) atoms. The van der Waals surface area contributed by atoms with Crippen molar-refractivity contribution >= 4 is 12.4 Å². The summed E-state index contributed by atoms with van der Waals surface area (Å²) in [6, 6.07) is 8.30. The molecular weight excluding hydrogens is 222 g/mol. The SMILES string of the molecule is CC(C)OC(NC=O)(C(=O)O)c1ccccc1. The number of amides is 1. The lowest BCUT2D eigenvalue weighted by molar-refractivity contribution is -0.181. The number of carboxylic acids is 1. The second-order valence-electron chi connectivity index (χ2n) is 3.78. The third-order valence-electron chi connectivity index (χ3n) is 2.16. The van der Waals surface area contributed by atoms with Crippen LogP contribution >= 0.6 is 0 Å². The van der Waals surface area contributed by atoms with E-state index in [1.54, 1.807) is 44.2 Å². The minimum atomic E-state index is -1.84. The number of nitrogens with one attached hydrogen (secondary N) is 1. The number of carbonyl (C=O) groups is 2. The summed E-state index contributed by atoms with van der Waals surface area (Å²) < 4.78 is 5.38. The van der Waals surface area contributed by atoms with Gasteiger partial charge in [-0.3, -0.25) is 4.79 Å². The fraction of sp³-hybridized carbons (Fsp3) is 0.333. The van der Waals surface area contributed by atoms with Crippen LogP contribution in [0.25, 0.3) is 0 Å².